The fourth-order valence-electron chi connectivity index (χ4n) is 2.17. The molecular formula is C11H18N2O5S. The van der Waals surface area contributed by atoms with Crippen LogP contribution in [0.3, 0.4) is 0 Å². The van der Waals surface area contributed by atoms with Gasteiger partial charge in [-0.05, 0) is 6.92 Å². The van der Waals surface area contributed by atoms with Crippen LogP contribution in [0, 0.1) is 5.41 Å². The van der Waals surface area contributed by atoms with Gasteiger partial charge in [0.25, 0.3) is 0 Å². The van der Waals surface area contributed by atoms with Crippen molar-refractivity contribution in [3.05, 3.63) is 0 Å². The van der Waals surface area contributed by atoms with E-state index < -0.39 is 28.2 Å². The number of carbonyl (C=O) groups excluding carboxylic acids is 1. The van der Waals surface area contributed by atoms with Crippen molar-refractivity contribution in [3.63, 3.8) is 0 Å². The summed E-state index contributed by atoms with van der Waals surface area (Å²) in [5, 5.41) is 11.9. The Morgan fingerprint density at radius 2 is 2.05 bits per heavy atom. The molecule has 2 aliphatic rings. The molecule has 0 saturated carbocycles. The summed E-state index contributed by atoms with van der Waals surface area (Å²) >= 11 is 0. The largest absolute Gasteiger partial charge is 0.481 e. The van der Waals surface area contributed by atoms with Gasteiger partial charge in [-0.25, -0.2) is 4.79 Å². The summed E-state index contributed by atoms with van der Waals surface area (Å²) in [5.74, 6) is -0.0229. The molecule has 2 fully saturated rings. The topological polar surface area (TPSA) is 95.9 Å². The van der Waals surface area contributed by atoms with Gasteiger partial charge in [0, 0.05) is 35.4 Å². The Hall–Kier alpha value is -1.15. The van der Waals surface area contributed by atoms with Crippen LogP contribution in [0.1, 0.15) is 6.92 Å². The van der Waals surface area contributed by atoms with Gasteiger partial charge in [-0.1, -0.05) is 0 Å². The van der Waals surface area contributed by atoms with Crippen molar-refractivity contribution in [2.45, 2.75) is 13.0 Å². The van der Waals surface area contributed by atoms with Crippen LogP contribution < -0.4 is 5.32 Å². The maximum Gasteiger partial charge on any atom is 0.317 e. The van der Waals surface area contributed by atoms with Crippen molar-refractivity contribution < 1.29 is 23.6 Å². The summed E-state index contributed by atoms with van der Waals surface area (Å²) in [6, 6.07) is -0.843. The van der Waals surface area contributed by atoms with E-state index in [0.717, 1.165) is 0 Å². The highest BCUT2D eigenvalue weighted by atomic mass is 32.2. The van der Waals surface area contributed by atoms with Crippen LogP contribution in [0.4, 0.5) is 4.79 Å². The van der Waals surface area contributed by atoms with E-state index in [1.165, 1.54) is 0 Å². The predicted molar refractivity (Wildman–Crippen MR) is 68.3 cm³/mol. The number of rotatable bonds is 2. The molecule has 0 radical (unpaired) electrons. The van der Waals surface area contributed by atoms with Crippen LogP contribution in [0.5, 0.6) is 0 Å². The summed E-state index contributed by atoms with van der Waals surface area (Å²) in [5.41, 5.74) is -1.09. The van der Waals surface area contributed by atoms with Gasteiger partial charge < -0.3 is 20.1 Å². The molecule has 2 unspecified atom stereocenters. The van der Waals surface area contributed by atoms with Crippen molar-refractivity contribution >= 4 is 22.8 Å². The van der Waals surface area contributed by atoms with Crippen molar-refractivity contribution in [1.29, 1.82) is 0 Å². The smallest absolute Gasteiger partial charge is 0.317 e. The lowest BCUT2D eigenvalue weighted by atomic mass is 9.85. The van der Waals surface area contributed by atoms with Crippen molar-refractivity contribution in [2.24, 2.45) is 5.41 Å². The zero-order valence-corrected chi connectivity index (χ0v) is 11.6. The number of ether oxygens (including phenoxy) is 1. The zero-order valence-electron chi connectivity index (χ0n) is 10.8. The van der Waals surface area contributed by atoms with Crippen molar-refractivity contribution in [3.8, 4) is 0 Å². The Bertz CT molecular complexity index is 406. The number of urea groups is 1. The molecule has 0 bridgehead atoms. The minimum absolute atomic E-state index is 0.0945. The van der Waals surface area contributed by atoms with E-state index in [0.29, 0.717) is 24.6 Å². The van der Waals surface area contributed by atoms with Gasteiger partial charge in [-0.3, -0.25) is 9.00 Å². The highest BCUT2D eigenvalue weighted by molar-refractivity contribution is 7.85. The summed E-state index contributed by atoms with van der Waals surface area (Å²) in [7, 11) is -0.844. The molecule has 2 N–H and O–H groups in total. The minimum atomic E-state index is -1.09. The van der Waals surface area contributed by atoms with E-state index in [4.69, 9.17) is 4.74 Å². The number of hydrogen-bond donors (Lipinski definition) is 2. The molecule has 0 spiro atoms. The van der Waals surface area contributed by atoms with E-state index in [2.05, 4.69) is 5.32 Å². The fourth-order valence-corrected chi connectivity index (χ4v) is 3.22. The standard InChI is InChI=1S/C11H18N2O5S/c1-11(9(14)15)7-18-6-8(11)12-10(16)13-2-4-19(17)5-3-13/h8H,2-7H2,1H3,(H,12,16)(H,14,15). The molecule has 2 aliphatic heterocycles. The molecule has 0 aromatic heterocycles. The molecule has 8 heteroatoms. The molecule has 0 aromatic carbocycles. The first kappa shape index (κ1) is 14.3. The molecule has 19 heavy (non-hydrogen) atoms. The van der Waals surface area contributed by atoms with E-state index in [1.54, 1.807) is 11.8 Å². The molecule has 0 aromatic rings. The van der Waals surface area contributed by atoms with E-state index in [9.17, 15) is 18.9 Å². The van der Waals surface area contributed by atoms with Crippen LogP contribution in [0.25, 0.3) is 0 Å². The first-order chi connectivity index (χ1) is 8.93. The Morgan fingerprint density at radius 3 is 2.63 bits per heavy atom. The number of carboxylic acids is 1. The van der Waals surface area contributed by atoms with E-state index >= 15 is 0 Å². The van der Waals surface area contributed by atoms with Gasteiger partial charge in [-0.15, -0.1) is 0 Å². The average molecular weight is 290 g/mol. The summed E-state index contributed by atoms with van der Waals surface area (Å²) in [6.45, 7) is 2.75. The van der Waals surface area contributed by atoms with Gasteiger partial charge in [0.1, 0.15) is 5.41 Å². The molecule has 2 saturated heterocycles. The van der Waals surface area contributed by atoms with Crippen LogP contribution in [0.15, 0.2) is 0 Å². The number of hydrogen-bond acceptors (Lipinski definition) is 4. The molecule has 2 heterocycles. The van der Waals surface area contributed by atoms with Crippen LogP contribution in [-0.4, -0.2) is 70.1 Å². The zero-order chi connectivity index (χ0) is 14.0. The number of carbonyl (C=O) groups is 2. The lowest BCUT2D eigenvalue weighted by Crippen LogP contribution is -2.55. The van der Waals surface area contributed by atoms with Gasteiger partial charge in [0.05, 0.1) is 19.3 Å². The quantitative estimate of drug-likeness (QED) is 0.697. The Kier molecular flexibility index (Phi) is 4.10. The monoisotopic (exact) mass is 290 g/mol. The third-order valence-electron chi connectivity index (χ3n) is 3.71. The van der Waals surface area contributed by atoms with Gasteiger partial charge >= 0.3 is 12.0 Å². The summed E-state index contributed by atoms with van der Waals surface area (Å²) in [6.07, 6.45) is 0. The minimum Gasteiger partial charge on any atom is -0.481 e. The highest BCUT2D eigenvalue weighted by Crippen LogP contribution is 2.28. The van der Waals surface area contributed by atoms with Crippen LogP contribution in [-0.2, 0) is 20.3 Å². The Balaban J connectivity index is 1.95. The number of amides is 2. The number of nitrogens with zero attached hydrogens (tertiary/aromatic N) is 1. The lowest BCUT2D eigenvalue weighted by molar-refractivity contribution is -0.148. The Morgan fingerprint density at radius 1 is 1.42 bits per heavy atom. The lowest BCUT2D eigenvalue weighted by Gasteiger charge is -2.31. The summed E-state index contributed by atoms with van der Waals surface area (Å²) < 4.78 is 16.4. The van der Waals surface area contributed by atoms with Gasteiger partial charge in [0.2, 0.25) is 0 Å². The highest BCUT2D eigenvalue weighted by Gasteiger charge is 2.47. The predicted octanol–water partition coefficient (Wildman–Crippen LogP) is -0.750. The molecule has 2 amide bonds. The molecule has 0 aliphatic carbocycles. The second kappa shape index (κ2) is 5.46. The number of nitrogens with one attached hydrogen (secondary N) is 1. The second-order valence-electron chi connectivity index (χ2n) is 5.07. The molecule has 2 rings (SSSR count). The number of carboxylic acid groups (broad SMARTS) is 1. The third kappa shape index (κ3) is 2.89. The third-order valence-corrected chi connectivity index (χ3v) is 4.98. The number of aliphatic carboxylic acids is 1. The van der Waals surface area contributed by atoms with E-state index in [-0.39, 0.29) is 19.2 Å². The Labute approximate surface area is 113 Å². The maximum atomic E-state index is 12.0. The normalized spacial score (nSPS) is 32.3. The SMILES string of the molecule is CC1(C(=O)O)COCC1NC(=O)N1CCS(=O)CC1. The van der Waals surface area contributed by atoms with E-state index in [1.807, 2.05) is 0 Å². The van der Waals surface area contributed by atoms with Crippen molar-refractivity contribution in [2.75, 3.05) is 37.8 Å². The molecule has 7 nitrogen and oxygen atoms in total. The fraction of sp³-hybridized carbons (Fsp3) is 0.818. The first-order valence-electron chi connectivity index (χ1n) is 6.15. The second-order valence-corrected chi connectivity index (χ2v) is 6.77. The van der Waals surface area contributed by atoms with Gasteiger partial charge in [-0.2, -0.15) is 0 Å². The van der Waals surface area contributed by atoms with Crippen molar-refractivity contribution in [1.82, 2.24) is 10.2 Å². The summed E-state index contributed by atoms with van der Waals surface area (Å²) in [4.78, 5) is 24.9. The molecule has 108 valence electrons. The van der Waals surface area contributed by atoms with Crippen LogP contribution >= 0.6 is 0 Å². The van der Waals surface area contributed by atoms with Gasteiger partial charge in [0.15, 0.2) is 0 Å². The first-order valence-corrected chi connectivity index (χ1v) is 7.64. The molecule has 2 atom stereocenters. The van der Waals surface area contributed by atoms with Crippen LogP contribution in [0.2, 0.25) is 0 Å². The molecular weight excluding hydrogens is 272 g/mol. The average Bonchev–Trinajstić information content (AvgIpc) is 2.73. The maximum absolute atomic E-state index is 12.0.